The number of nitrogens with zero attached hydrogens (tertiary/aromatic N) is 1. The number of amides is 1. The van der Waals surface area contributed by atoms with E-state index in [1.54, 1.807) is 65.0 Å². The van der Waals surface area contributed by atoms with Crippen LogP contribution in [-0.4, -0.2) is 43.8 Å². The molecule has 2 unspecified atom stereocenters. The standard InChI is InChI=1S/C35H36F3N3O3S/c1-24-22-39-23-29(41(24)45(43,44)30-8-3-2-4-9-30)7-5-10-31-33(38)11-6-12-34(31)40-35(42)21-32(25-13-17-27(36)18-14-25)26-15-19-28(37)20-16-26/h2-4,6,8-9,11-20,24,29,32,39H,5,7,10,21-23H2,1H3,(H,40,42). The maximum Gasteiger partial charge on any atom is 0.243 e. The first-order valence-corrected chi connectivity index (χ1v) is 16.4. The number of carbonyl (C=O) groups is 1. The highest BCUT2D eigenvalue weighted by Crippen LogP contribution is 2.31. The first-order chi connectivity index (χ1) is 21.6. The van der Waals surface area contributed by atoms with Gasteiger partial charge in [0.15, 0.2) is 0 Å². The molecule has 0 spiro atoms. The zero-order valence-corrected chi connectivity index (χ0v) is 25.7. The van der Waals surface area contributed by atoms with Gasteiger partial charge in [0.1, 0.15) is 17.5 Å². The van der Waals surface area contributed by atoms with Crippen LogP contribution >= 0.6 is 0 Å². The van der Waals surface area contributed by atoms with Crippen molar-refractivity contribution in [3.05, 3.63) is 131 Å². The predicted octanol–water partition coefficient (Wildman–Crippen LogP) is 6.64. The first-order valence-electron chi connectivity index (χ1n) is 15.0. The first kappa shape index (κ1) is 32.4. The van der Waals surface area contributed by atoms with Gasteiger partial charge in [0.05, 0.1) is 4.90 Å². The minimum Gasteiger partial charge on any atom is -0.326 e. The largest absolute Gasteiger partial charge is 0.326 e. The Hall–Kier alpha value is -3.99. The van der Waals surface area contributed by atoms with Crippen molar-refractivity contribution in [3.63, 3.8) is 0 Å². The Morgan fingerprint density at radius 2 is 1.49 bits per heavy atom. The van der Waals surface area contributed by atoms with Crippen LogP contribution in [0.4, 0.5) is 18.9 Å². The summed E-state index contributed by atoms with van der Waals surface area (Å²) < 4.78 is 71.1. The van der Waals surface area contributed by atoms with E-state index in [2.05, 4.69) is 10.6 Å². The molecule has 6 nitrogen and oxygen atoms in total. The van der Waals surface area contributed by atoms with Gasteiger partial charge in [-0.3, -0.25) is 4.79 Å². The van der Waals surface area contributed by atoms with Gasteiger partial charge in [0.2, 0.25) is 15.9 Å². The van der Waals surface area contributed by atoms with E-state index >= 15 is 4.39 Å². The summed E-state index contributed by atoms with van der Waals surface area (Å²) in [5.74, 6) is -2.16. The Kier molecular flexibility index (Phi) is 10.4. The van der Waals surface area contributed by atoms with Crippen molar-refractivity contribution in [2.75, 3.05) is 18.4 Å². The summed E-state index contributed by atoms with van der Waals surface area (Å²) in [7, 11) is -3.73. The molecule has 0 saturated carbocycles. The third-order valence-corrected chi connectivity index (χ3v) is 10.3. The Bertz CT molecular complexity index is 1660. The van der Waals surface area contributed by atoms with Crippen LogP contribution in [0.5, 0.6) is 0 Å². The number of carbonyl (C=O) groups excluding carboxylic acids is 1. The summed E-state index contributed by atoms with van der Waals surface area (Å²) >= 11 is 0. The Morgan fingerprint density at radius 1 is 0.867 bits per heavy atom. The topological polar surface area (TPSA) is 78.5 Å². The number of hydrogen-bond acceptors (Lipinski definition) is 4. The van der Waals surface area contributed by atoms with Gasteiger partial charge in [0.25, 0.3) is 0 Å². The molecule has 0 bridgehead atoms. The summed E-state index contributed by atoms with van der Waals surface area (Å²) in [5, 5.41) is 6.16. The average molecular weight is 636 g/mol. The van der Waals surface area contributed by atoms with E-state index in [4.69, 9.17) is 0 Å². The summed E-state index contributed by atoms with van der Waals surface area (Å²) in [6.07, 6.45) is 1.22. The molecule has 0 aromatic heterocycles. The molecule has 0 aliphatic carbocycles. The minimum absolute atomic E-state index is 0.0366. The van der Waals surface area contributed by atoms with Gasteiger partial charge < -0.3 is 10.6 Å². The molecule has 1 amide bonds. The summed E-state index contributed by atoms with van der Waals surface area (Å²) in [6.45, 7) is 2.88. The zero-order chi connectivity index (χ0) is 32.0. The van der Waals surface area contributed by atoms with Crippen LogP contribution in [0.25, 0.3) is 0 Å². The number of nitrogens with one attached hydrogen (secondary N) is 2. The Morgan fingerprint density at radius 3 is 2.11 bits per heavy atom. The van der Waals surface area contributed by atoms with Gasteiger partial charge in [-0.05, 0) is 85.8 Å². The Balaban J connectivity index is 1.29. The molecule has 1 fully saturated rings. The number of anilines is 1. The van der Waals surface area contributed by atoms with Crippen LogP contribution in [0.3, 0.4) is 0 Å². The van der Waals surface area contributed by atoms with Crippen molar-refractivity contribution in [2.45, 2.75) is 55.5 Å². The SMILES string of the molecule is CC1CNCC(CCCc2c(F)cccc2NC(=O)CC(c2ccc(F)cc2)c2ccc(F)cc2)N1S(=O)(=O)c1ccccc1. The molecule has 1 saturated heterocycles. The van der Waals surface area contributed by atoms with Crippen molar-refractivity contribution in [1.82, 2.24) is 9.62 Å². The highest BCUT2D eigenvalue weighted by atomic mass is 32.2. The molecule has 1 heterocycles. The van der Waals surface area contributed by atoms with Gasteiger partial charge in [-0.25, -0.2) is 21.6 Å². The fourth-order valence-corrected chi connectivity index (χ4v) is 7.89. The van der Waals surface area contributed by atoms with Crippen molar-refractivity contribution < 1.29 is 26.4 Å². The molecule has 236 valence electrons. The lowest BCUT2D eigenvalue weighted by Gasteiger charge is -2.40. The van der Waals surface area contributed by atoms with Crippen LogP contribution in [-0.2, 0) is 21.2 Å². The number of sulfonamides is 1. The minimum atomic E-state index is -3.73. The molecule has 10 heteroatoms. The summed E-state index contributed by atoms with van der Waals surface area (Å²) in [5.41, 5.74) is 2.03. The second-order valence-electron chi connectivity index (χ2n) is 11.4. The molecular weight excluding hydrogens is 599 g/mol. The molecule has 5 rings (SSSR count). The normalized spacial score (nSPS) is 17.4. The van der Waals surface area contributed by atoms with Crippen molar-refractivity contribution in [1.29, 1.82) is 0 Å². The van der Waals surface area contributed by atoms with Gasteiger partial charge >= 0.3 is 0 Å². The summed E-state index contributed by atoms with van der Waals surface area (Å²) in [6, 6.07) is 23.9. The zero-order valence-electron chi connectivity index (χ0n) is 24.9. The molecule has 45 heavy (non-hydrogen) atoms. The second-order valence-corrected chi connectivity index (χ2v) is 13.2. The van der Waals surface area contributed by atoms with Crippen molar-refractivity contribution >= 4 is 21.6 Å². The Labute approximate surface area is 262 Å². The number of halogens is 3. The van der Waals surface area contributed by atoms with Crippen molar-refractivity contribution in [2.24, 2.45) is 0 Å². The van der Waals surface area contributed by atoms with Crippen LogP contribution in [0.2, 0.25) is 0 Å². The number of benzene rings is 4. The predicted molar refractivity (Wildman–Crippen MR) is 169 cm³/mol. The van der Waals surface area contributed by atoms with E-state index in [0.717, 1.165) is 0 Å². The lowest BCUT2D eigenvalue weighted by atomic mass is 9.88. The van der Waals surface area contributed by atoms with Crippen LogP contribution in [0, 0.1) is 17.5 Å². The highest BCUT2D eigenvalue weighted by molar-refractivity contribution is 7.89. The molecule has 1 aliphatic heterocycles. The molecule has 1 aliphatic rings. The van der Waals surface area contributed by atoms with E-state index in [-0.39, 0.29) is 35.7 Å². The lowest BCUT2D eigenvalue weighted by Crippen LogP contribution is -2.58. The smallest absolute Gasteiger partial charge is 0.243 e. The second kappa shape index (κ2) is 14.4. The summed E-state index contributed by atoms with van der Waals surface area (Å²) in [4.78, 5) is 13.6. The number of piperazine rings is 1. The molecule has 4 aromatic carbocycles. The third kappa shape index (κ3) is 7.81. The van der Waals surface area contributed by atoms with E-state index in [1.165, 1.54) is 36.4 Å². The number of rotatable bonds is 11. The van der Waals surface area contributed by atoms with Gasteiger partial charge in [-0.15, -0.1) is 0 Å². The molecule has 2 N–H and O–H groups in total. The quantitative estimate of drug-likeness (QED) is 0.194. The average Bonchev–Trinajstić information content (AvgIpc) is 3.02. The third-order valence-electron chi connectivity index (χ3n) is 8.22. The molecule has 2 atom stereocenters. The van der Waals surface area contributed by atoms with E-state index < -0.39 is 33.4 Å². The van der Waals surface area contributed by atoms with Gasteiger partial charge in [-0.2, -0.15) is 4.31 Å². The highest BCUT2D eigenvalue weighted by Gasteiger charge is 2.37. The molecule has 0 radical (unpaired) electrons. The van der Waals surface area contributed by atoms with Crippen LogP contribution in [0.15, 0.2) is 102 Å². The van der Waals surface area contributed by atoms with Crippen LogP contribution in [0.1, 0.15) is 48.8 Å². The van der Waals surface area contributed by atoms with E-state index in [9.17, 15) is 22.0 Å². The lowest BCUT2D eigenvalue weighted by molar-refractivity contribution is -0.116. The number of hydrogen-bond donors (Lipinski definition) is 2. The van der Waals surface area contributed by atoms with Crippen molar-refractivity contribution in [3.8, 4) is 0 Å². The van der Waals surface area contributed by atoms with Gasteiger partial charge in [-0.1, -0.05) is 48.5 Å². The van der Waals surface area contributed by atoms with Crippen LogP contribution < -0.4 is 10.6 Å². The maximum atomic E-state index is 15.1. The molecular formula is C35H36F3N3O3S. The van der Waals surface area contributed by atoms with Gasteiger partial charge in [0, 0.05) is 48.8 Å². The van der Waals surface area contributed by atoms with E-state index in [1.807, 2.05) is 6.92 Å². The monoisotopic (exact) mass is 635 g/mol. The maximum absolute atomic E-state index is 15.1. The molecule has 4 aromatic rings. The fraction of sp³-hybridized carbons (Fsp3) is 0.286. The fourth-order valence-electron chi connectivity index (χ4n) is 6.02. The van der Waals surface area contributed by atoms with E-state index in [0.29, 0.717) is 48.3 Å².